The van der Waals surface area contributed by atoms with Gasteiger partial charge in [-0.1, -0.05) is 30.9 Å². The number of nitrogens with zero attached hydrogens (tertiary/aromatic N) is 1. The highest BCUT2D eigenvalue weighted by molar-refractivity contribution is 5.85. The Bertz CT molecular complexity index is 397. The van der Waals surface area contributed by atoms with E-state index in [1.807, 2.05) is 12.1 Å². The third-order valence-electron chi connectivity index (χ3n) is 3.18. The van der Waals surface area contributed by atoms with E-state index >= 15 is 0 Å². The molecular formula is C15H23ClN2O. The second-order valence-electron chi connectivity index (χ2n) is 4.80. The van der Waals surface area contributed by atoms with Crippen LogP contribution in [0.4, 0.5) is 0 Å². The molecule has 1 heterocycles. The van der Waals surface area contributed by atoms with Crippen molar-refractivity contribution in [1.82, 2.24) is 10.2 Å². The van der Waals surface area contributed by atoms with Crippen LogP contribution in [0.25, 0.3) is 0 Å². The van der Waals surface area contributed by atoms with Crippen molar-refractivity contribution >= 4 is 12.4 Å². The van der Waals surface area contributed by atoms with Gasteiger partial charge in [0.25, 0.3) is 0 Å². The molecule has 4 heteroatoms. The summed E-state index contributed by atoms with van der Waals surface area (Å²) in [6, 6.07) is 8.83. The summed E-state index contributed by atoms with van der Waals surface area (Å²) in [5, 5.41) is 3.46. The van der Waals surface area contributed by atoms with E-state index in [0.29, 0.717) is 12.6 Å². The van der Waals surface area contributed by atoms with Gasteiger partial charge < -0.3 is 10.1 Å². The Hall–Kier alpha value is -1.03. The van der Waals surface area contributed by atoms with Gasteiger partial charge in [0.05, 0.1) is 0 Å². The lowest BCUT2D eigenvalue weighted by atomic mass is 10.1. The fraction of sp³-hybridized carbons (Fsp3) is 0.467. The van der Waals surface area contributed by atoms with Gasteiger partial charge in [-0.15, -0.1) is 12.4 Å². The highest BCUT2D eigenvalue weighted by Gasteiger charge is 2.16. The molecule has 0 radical (unpaired) electrons. The van der Waals surface area contributed by atoms with Crippen LogP contribution in [-0.2, 0) is 6.54 Å². The summed E-state index contributed by atoms with van der Waals surface area (Å²) in [5.74, 6) is 0.976. The number of benzene rings is 1. The van der Waals surface area contributed by atoms with E-state index in [4.69, 9.17) is 4.74 Å². The first-order valence-electron chi connectivity index (χ1n) is 6.57. The Balaban J connectivity index is 0.00000180. The molecule has 1 saturated heterocycles. The van der Waals surface area contributed by atoms with Crippen LogP contribution in [0.15, 0.2) is 36.9 Å². The van der Waals surface area contributed by atoms with E-state index in [1.165, 1.54) is 5.56 Å². The minimum atomic E-state index is 0. The topological polar surface area (TPSA) is 24.5 Å². The van der Waals surface area contributed by atoms with Crippen LogP contribution >= 0.6 is 12.4 Å². The van der Waals surface area contributed by atoms with E-state index in [9.17, 15) is 0 Å². The fourth-order valence-corrected chi connectivity index (χ4v) is 2.32. The van der Waals surface area contributed by atoms with Crippen LogP contribution in [0.5, 0.6) is 5.75 Å². The Morgan fingerprint density at radius 1 is 1.47 bits per heavy atom. The molecule has 0 bridgehead atoms. The molecule has 1 aromatic rings. The zero-order chi connectivity index (χ0) is 12.8. The van der Waals surface area contributed by atoms with Gasteiger partial charge in [-0.2, -0.15) is 0 Å². The van der Waals surface area contributed by atoms with Gasteiger partial charge in [-0.3, -0.25) is 4.90 Å². The summed E-state index contributed by atoms with van der Waals surface area (Å²) in [4.78, 5) is 2.47. The van der Waals surface area contributed by atoms with Gasteiger partial charge in [0, 0.05) is 37.8 Å². The van der Waals surface area contributed by atoms with Crippen LogP contribution in [-0.4, -0.2) is 37.2 Å². The van der Waals surface area contributed by atoms with Crippen LogP contribution in [0, 0.1) is 0 Å². The number of para-hydroxylation sites is 1. The van der Waals surface area contributed by atoms with Gasteiger partial charge in [-0.25, -0.2) is 0 Å². The number of rotatable bonds is 5. The average Bonchev–Trinajstić information content (AvgIpc) is 2.38. The highest BCUT2D eigenvalue weighted by atomic mass is 35.5. The first kappa shape index (κ1) is 16.0. The molecule has 0 saturated carbocycles. The molecule has 1 fully saturated rings. The maximum atomic E-state index is 5.69. The van der Waals surface area contributed by atoms with Gasteiger partial charge in [-0.05, 0) is 13.0 Å². The predicted octanol–water partition coefficient (Wildman–Crippen LogP) is 2.47. The summed E-state index contributed by atoms with van der Waals surface area (Å²) in [5.41, 5.74) is 1.26. The molecule has 1 aliphatic heterocycles. The smallest absolute Gasteiger partial charge is 0.124 e. The molecule has 0 spiro atoms. The second kappa shape index (κ2) is 8.20. The Labute approximate surface area is 122 Å². The Kier molecular flexibility index (Phi) is 6.92. The first-order chi connectivity index (χ1) is 8.79. The lowest BCUT2D eigenvalue weighted by molar-refractivity contribution is 0.197. The van der Waals surface area contributed by atoms with Gasteiger partial charge in [0.2, 0.25) is 0 Å². The molecule has 1 unspecified atom stereocenters. The van der Waals surface area contributed by atoms with Crippen LogP contribution < -0.4 is 10.1 Å². The first-order valence-corrected chi connectivity index (χ1v) is 6.57. The zero-order valence-electron chi connectivity index (χ0n) is 11.5. The number of ether oxygens (including phenoxy) is 1. The Morgan fingerprint density at radius 3 is 3.00 bits per heavy atom. The SMILES string of the molecule is C=CCOc1ccccc1CN1CCNC(C)C1.Cl. The molecule has 0 aliphatic carbocycles. The number of hydrogen-bond donors (Lipinski definition) is 1. The van der Waals surface area contributed by atoms with Gasteiger partial charge in [0.1, 0.15) is 12.4 Å². The van der Waals surface area contributed by atoms with Gasteiger partial charge in [0.15, 0.2) is 0 Å². The summed E-state index contributed by atoms with van der Waals surface area (Å²) in [7, 11) is 0. The summed E-state index contributed by atoms with van der Waals surface area (Å²) < 4.78 is 5.69. The van der Waals surface area contributed by atoms with Crippen molar-refractivity contribution in [2.24, 2.45) is 0 Å². The van der Waals surface area contributed by atoms with Crippen molar-refractivity contribution in [3.63, 3.8) is 0 Å². The minimum Gasteiger partial charge on any atom is -0.489 e. The monoisotopic (exact) mass is 282 g/mol. The normalized spacial score (nSPS) is 19.5. The number of halogens is 1. The van der Waals surface area contributed by atoms with Crippen molar-refractivity contribution < 1.29 is 4.74 Å². The third-order valence-corrected chi connectivity index (χ3v) is 3.18. The fourth-order valence-electron chi connectivity index (χ4n) is 2.32. The molecular weight excluding hydrogens is 260 g/mol. The van der Waals surface area contributed by atoms with Crippen molar-refractivity contribution in [3.05, 3.63) is 42.5 Å². The molecule has 1 N–H and O–H groups in total. The molecule has 19 heavy (non-hydrogen) atoms. The van der Waals surface area contributed by atoms with E-state index in [1.54, 1.807) is 6.08 Å². The molecule has 0 amide bonds. The summed E-state index contributed by atoms with van der Waals surface area (Å²) >= 11 is 0. The quantitative estimate of drug-likeness (QED) is 0.840. The maximum absolute atomic E-state index is 5.69. The molecule has 106 valence electrons. The number of nitrogens with one attached hydrogen (secondary N) is 1. The maximum Gasteiger partial charge on any atom is 0.124 e. The molecule has 0 aromatic heterocycles. The van der Waals surface area contributed by atoms with Crippen molar-refractivity contribution in [2.75, 3.05) is 26.2 Å². The lowest BCUT2D eigenvalue weighted by Gasteiger charge is -2.32. The van der Waals surface area contributed by atoms with E-state index in [2.05, 4.69) is 35.9 Å². The van der Waals surface area contributed by atoms with Crippen molar-refractivity contribution in [1.29, 1.82) is 0 Å². The molecule has 1 atom stereocenters. The molecule has 1 aliphatic rings. The largest absolute Gasteiger partial charge is 0.489 e. The Morgan fingerprint density at radius 2 is 2.26 bits per heavy atom. The summed E-state index contributed by atoms with van der Waals surface area (Å²) in [6.45, 7) is 10.7. The van der Waals surface area contributed by atoms with Crippen LogP contribution in [0.3, 0.4) is 0 Å². The van der Waals surface area contributed by atoms with Crippen molar-refractivity contribution in [3.8, 4) is 5.75 Å². The highest BCUT2D eigenvalue weighted by Crippen LogP contribution is 2.20. The molecule has 3 nitrogen and oxygen atoms in total. The standard InChI is InChI=1S/C15H22N2O.ClH/c1-3-10-18-15-7-5-4-6-14(15)12-17-9-8-16-13(2)11-17;/h3-7,13,16H,1,8-12H2,2H3;1H. The second-order valence-corrected chi connectivity index (χ2v) is 4.80. The zero-order valence-corrected chi connectivity index (χ0v) is 12.3. The molecule has 1 aromatic carbocycles. The average molecular weight is 283 g/mol. The minimum absolute atomic E-state index is 0. The summed E-state index contributed by atoms with van der Waals surface area (Å²) in [6.07, 6.45) is 1.78. The molecule has 2 rings (SSSR count). The van der Waals surface area contributed by atoms with E-state index in [-0.39, 0.29) is 12.4 Å². The van der Waals surface area contributed by atoms with E-state index < -0.39 is 0 Å². The lowest BCUT2D eigenvalue weighted by Crippen LogP contribution is -2.48. The number of piperazine rings is 1. The van der Waals surface area contributed by atoms with Crippen molar-refractivity contribution in [2.45, 2.75) is 19.5 Å². The van der Waals surface area contributed by atoms with E-state index in [0.717, 1.165) is 31.9 Å². The predicted molar refractivity (Wildman–Crippen MR) is 82.1 cm³/mol. The van der Waals surface area contributed by atoms with Crippen LogP contribution in [0.1, 0.15) is 12.5 Å². The van der Waals surface area contributed by atoms with Gasteiger partial charge >= 0.3 is 0 Å². The number of hydrogen-bond acceptors (Lipinski definition) is 3. The third kappa shape index (κ3) is 4.86. The van der Waals surface area contributed by atoms with Crippen LogP contribution in [0.2, 0.25) is 0 Å².